The summed E-state index contributed by atoms with van der Waals surface area (Å²) in [6.07, 6.45) is -3.31. The van der Waals surface area contributed by atoms with Gasteiger partial charge in [0.05, 0.1) is 0 Å². The minimum absolute atomic E-state index is 0.339. The molecule has 0 atom stereocenters. The van der Waals surface area contributed by atoms with E-state index in [1.165, 1.54) is 18.5 Å². The van der Waals surface area contributed by atoms with Crippen molar-refractivity contribution >= 4 is 12.1 Å². The molecule has 0 aromatic heterocycles. The Morgan fingerprint density at radius 1 is 1.21 bits per heavy atom. The largest absolute Gasteiger partial charge is 0.573 e. The number of hydrogen-bond acceptors (Lipinski definition) is 2. The van der Waals surface area contributed by atoms with Gasteiger partial charge in [0, 0.05) is 5.69 Å². The minimum atomic E-state index is -4.70. The fraction of sp³-hybridized carbons (Fsp3) is 0.125. The lowest BCUT2D eigenvalue weighted by atomic mass is 10.3. The Labute approximate surface area is 77.5 Å². The third-order valence-corrected chi connectivity index (χ3v) is 1.28. The van der Waals surface area contributed by atoms with E-state index in [-0.39, 0.29) is 5.75 Å². The molecule has 14 heavy (non-hydrogen) atoms. The van der Waals surface area contributed by atoms with E-state index in [9.17, 15) is 18.0 Å². The van der Waals surface area contributed by atoms with Crippen LogP contribution in [0.1, 0.15) is 0 Å². The molecule has 0 aliphatic carbocycles. The van der Waals surface area contributed by atoms with Crippen molar-refractivity contribution < 1.29 is 22.7 Å². The second kappa shape index (κ2) is 3.99. The maximum Gasteiger partial charge on any atom is 0.573 e. The maximum atomic E-state index is 11.7. The summed E-state index contributed by atoms with van der Waals surface area (Å²) in [4.78, 5) is 9.84. The molecule has 1 aromatic carbocycles. The third-order valence-electron chi connectivity index (χ3n) is 1.28. The summed E-state index contributed by atoms with van der Waals surface area (Å²) >= 11 is 0. The van der Waals surface area contributed by atoms with Crippen molar-refractivity contribution in [3.8, 4) is 5.75 Å². The lowest BCUT2D eigenvalue weighted by molar-refractivity contribution is -0.274. The van der Waals surface area contributed by atoms with E-state index in [0.29, 0.717) is 5.69 Å². The highest BCUT2D eigenvalue weighted by atomic mass is 19.4. The van der Waals surface area contributed by atoms with Gasteiger partial charge in [-0.05, 0) is 24.3 Å². The molecule has 0 fully saturated rings. The molecule has 3 nitrogen and oxygen atoms in total. The molecule has 0 bridgehead atoms. The highest BCUT2D eigenvalue weighted by Gasteiger charge is 2.30. The van der Waals surface area contributed by atoms with Gasteiger partial charge in [0.1, 0.15) is 5.75 Å². The Bertz CT molecular complexity index is 307. The van der Waals surface area contributed by atoms with Gasteiger partial charge in [-0.3, -0.25) is 4.79 Å². The van der Waals surface area contributed by atoms with E-state index in [2.05, 4.69) is 10.1 Å². The Morgan fingerprint density at radius 2 is 1.79 bits per heavy atom. The lowest BCUT2D eigenvalue weighted by Gasteiger charge is -2.08. The van der Waals surface area contributed by atoms with Crippen LogP contribution >= 0.6 is 0 Å². The fourth-order valence-electron chi connectivity index (χ4n) is 0.799. The van der Waals surface area contributed by atoms with E-state index in [1.54, 1.807) is 0 Å². The minimum Gasteiger partial charge on any atom is -0.406 e. The van der Waals surface area contributed by atoms with Gasteiger partial charge in [0.2, 0.25) is 0 Å². The smallest absolute Gasteiger partial charge is 0.406 e. The van der Waals surface area contributed by atoms with E-state index < -0.39 is 6.36 Å². The number of amides is 1. The lowest BCUT2D eigenvalue weighted by Crippen LogP contribution is -2.17. The number of ether oxygens (including phenoxy) is 1. The first-order chi connectivity index (χ1) is 6.51. The van der Waals surface area contributed by atoms with Gasteiger partial charge < -0.3 is 10.1 Å². The van der Waals surface area contributed by atoms with Crippen LogP contribution in [0.2, 0.25) is 0 Å². The van der Waals surface area contributed by atoms with Crippen molar-refractivity contribution in [2.24, 2.45) is 0 Å². The van der Waals surface area contributed by atoms with Gasteiger partial charge in [0.15, 0.2) is 0 Å². The van der Waals surface area contributed by atoms with Crippen LogP contribution in [0.4, 0.5) is 18.9 Å². The molecule has 0 aliphatic rings. The molecule has 0 spiro atoms. The fourth-order valence-corrected chi connectivity index (χ4v) is 0.799. The van der Waals surface area contributed by atoms with E-state index in [1.807, 2.05) is 0 Å². The molecule has 0 aliphatic heterocycles. The summed E-state index contributed by atoms with van der Waals surface area (Å²) in [7, 11) is 0. The summed E-state index contributed by atoms with van der Waals surface area (Å²) in [6, 6.07) is 4.72. The number of alkyl halides is 3. The molecule has 0 unspecified atom stereocenters. The molecular weight excluding hydrogens is 199 g/mol. The van der Waals surface area contributed by atoms with Gasteiger partial charge in [-0.15, -0.1) is 13.2 Å². The molecule has 1 rings (SSSR count). The Morgan fingerprint density at radius 3 is 2.21 bits per heavy atom. The Hall–Kier alpha value is -1.72. The normalized spacial score (nSPS) is 10.8. The number of rotatable bonds is 3. The van der Waals surface area contributed by atoms with Crippen molar-refractivity contribution in [3.05, 3.63) is 24.3 Å². The molecular formula is C8H5F3NO2. The first-order valence-electron chi connectivity index (χ1n) is 3.50. The van der Waals surface area contributed by atoms with Crippen LogP contribution in [-0.2, 0) is 4.79 Å². The summed E-state index contributed by atoms with van der Waals surface area (Å²) in [6.45, 7) is 0. The molecule has 1 radical (unpaired) electrons. The number of anilines is 1. The quantitative estimate of drug-likeness (QED) is 0.765. The third kappa shape index (κ3) is 3.34. The number of halogens is 3. The van der Waals surface area contributed by atoms with Gasteiger partial charge >= 0.3 is 12.8 Å². The molecule has 0 saturated carbocycles. The highest BCUT2D eigenvalue weighted by Crippen LogP contribution is 2.23. The van der Waals surface area contributed by atoms with Crippen LogP contribution in [-0.4, -0.2) is 12.8 Å². The number of carbonyl (C=O) groups excluding carboxylic acids is 1. The Balaban J connectivity index is 2.68. The number of hydrogen-bond donors (Lipinski definition) is 1. The zero-order valence-corrected chi connectivity index (χ0v) is 6.76. The molecule has 6 heteroatoms. The molecule has 75 valence electrons. The van der Waals surface area contributed by atoms with Crippen molar-refractivity contribution in [1.82, 2.24) is 0 Å². The van der Waals surface area contributed by atoms with Gasteiger partial charge in [0.25, 0.3) is 0 Å². The molecule has 0 saturated heterocycles. The standard InChI is InChI=1S/C8H5F3NO2/c9-8(10,11)14-7-3-1-6(2-4-7)12-5-13/h1-4H,(H,12,13). The van der Waals surface area contributed by atoms with E-state index >= 15 is 0 Å². The maximum absolute atomic E-state index is 11.7. The van der Waals surface area contributed by atoms with E-state index in [4.69, 9.17) is 0 Å². The predicted molar refractivity (Wildman–Crippen MR) is 42.4 cm³/mol. The first kappa shape index (κ1) is 10.4. The van der Waals surface area contributed by atoms with Crippen molar-refractivity contribution in [1.29, 1.82) is 0 Å². The van der Waals surface area contributed by atoms with Crippen molar-refractivity contribution in [3.63, 3.8) is 0 Å². The summed E-state index contributed by atoms with van der Waals surface area (Å²) in [5.41, 5.74) is 0.342. The van der Waals surface area contributed by atoms with Crippen molar-refractivity contribution in [2.75, 3.05) is 5.32 Å². The zero-order valence-electron chi connectivity index (χ0n) is 6.76. The second-order valence-corrected chi connectivity index (χ2v) is 2.30. The van der Waals surface area contributed by atoms with Crippen LogP contribution in [0.3, 0.4) is 0 Å². The molecule has 1 amide bonds. The molecule has 0 heterocycles. The van der Waals surface area contributed by atoms with Gasteiger partial charge in [-0.1, -0.05) is 0 Å². The summed E-state index contributed by atoms with van der Waals surface area (Å²) < 4.78 is 38.7. The average molecular weight is 204 g/mol. The molecule has 1 N–H and O–H groups in total. The average Bonchev–Trinajstić information content (AvgIpc) is 2.06. The number of nitrogens with one attached hydrogen (secondary N) is 1. The summed E-state index contributed by atoms with van der Waals surface area (Å²) in [5.74, 6) is -0.339. The van der Waals surface area contributed by atoms with Crippen molar-refractivity contribution in [2.45, 2.75) is 6.36 Å². The summed E-state index contributed by atoms with van der Waals surface area (Å²) in [5, 5.41) is 2.16. The second-order valence-electron chi connectivity index (χ2n) is 2.30. The molecule has 1 aromatic rings. The van der Waals surface area contributed by atoms with Crippen LogP contribution < -0.4 is 10.1 Å². The zero-order chi connectivity index (χ0) is 10.6. The van der Waals surface area contributed by atoms with E-state index in [0.717, 1.165) is 12.1 Å². The SMILES string of the molecule is O=[C]Nc1ccc(OC(F)(F)F)cc1. The van der Waals surface area contributed by atoms with Gasteiger partial charge in [-0.2, -0.15) is 0 Å². The highest BCUT2D eigenvalue weighted by molar-refractivity contribution is 5.71. The monoisotopic (exact) mass is 204 g/mol. The van der Waals surface area contributed by atoms with Gasteiger partial charge in [-0.25, -0.2) is 0 Å². The van der Waals surface area contributed by atoms with Crippen LogP contribution in [0.15, 0.2) is 24.3 Å². The van der Waals surface area contributed by atoms with Crippen LogP contribution in [0.25, 0.3) is 0 Å². The Kier molecular flexibility index (Phi) is 2.95. The van der Waals surface area contributed by atoms with Crippen LogP contribution in [0, 0.1) is 0 Å². The predicted octanol–water partition coefficient (Wildman–Crippen LogP) is 2.06. The first-order valence-corrected chi connectivity index (χ1v) is 3.50. The number of benzene rings is 1. The topological polar surface area (TPSA) is 38.3 Å². The van der Waals surface area contributed by atoms with Crippen LogP contribution in [0.5, 0.6) is 5.75 Å².